The fourth-order valence-electron chi connectivity index (χ4n) is 2.74. The van der Waals surface area contributed by atoms with E-state index in [1.807, 2.05) is 18.2 Å². The summed E-state index contributed by atoms with van der Waals surface area (Å²) in [6, 6.07) is 6.05. The molecule has 1 fully saturated rings. The van der Waals surface area contributed by atoms with Crippen molar-refractivity contribution in [1.82, 2.24) is 14.9 Å². The number of aromatic nitrogens is 2. The largest absolute Gasteiger partial charge is 0.497 e. The highest BCUT2D eigenvalue weighted by Gasteiger charge is 2.16. The van der Waals surface area contributed by atoms with Gasteiger partial charge in [0.15, 0.2) is 0 Å². The summed E-state index contributed by atoms with van der Waals surface area (Å²) in [6.07, 6.45) is 3.59. The maximum Gasteiger partial charge on any atom is 0.326 e. The molecule has 0 aliphatic carbocycles. The minimum atomic E-state index is -0.0457. The Hall–Kier alpha value is -1.75. The third-order valence-electron chi connectivity index (χ3n) is 3.80. The molecule has 1 saturated heterocycles. The van der Waals surface area contributed by atoms with Crippen molar-refractivity contribution in [2.45, 2.75) is 31.8 Å². The topological polar surface area (TPSA) is 59.1 Å². The first-order chi connectivity index (χ1) is 9.28. The van der Waals surface area contributed by atoms with Gasteiger partial charge in [0.05, 0.1) is 18.1 Å². The van der Waals surface area contributed by atoms with Gasteiger partial charge < -0.3 is 15.0 Å². The molecule has 0 amide bonds. The molecule has 5 nitrogen and oxygen atoms in total. The average molecular weight is 261 g/mol. The second-order valence-electron chi connectivity index (χ2n) is 5.07. The molecule has 0 bridgehead atoms. The van der Waals surface area contributed by atoms with E-state index in [-0.39, 0.29) is 5.69 Å². The molecule has 19 heavy (non-hydrogen) atoms. The van der Waals surface area contributed by atoms with Gasteiger partial charge >= 0.3 is 5.69 Å². The highest BCUT2D eigenvalue weighted by molar-refractivity contribution is 5.77. The molecule has 1 aliphatic heterocycles. The van der Waals surface area contributed by atoms with E-state index in [1.54, 1.807) is 11.7 Å². The number of nitrogens with one attached hydrogen (secondary N) is 2. The molecule has 1 unspecified atom stereocenters. The normalized spacial score (nSPS) is 19.7. The van der Waals surface area contributed by atoms with E-state index < -0.39 is 0 Å². The number of rotatable bonds is 3. The summed E-state index contributed by atoms with van der Waals surface area (Å²) in [5.74, 6) is 0.775. The van der Waals surface area contributed by atoms with Gasteiger partial charge in [-0.25, -0.2) is 4.79 Å². The third-order valence-corrected chi connectivity index (χ3v) is 3.80. The van der Waals surface area contributed by atoms with Crippen LogP contribution < -0.4 is 15.7 Å². The highest BCUT2D eigenvalue weighted by Crippen LogP contribution is 2.19. The van der Waals surface area contributed by atoms with Gasteiger partial charge in [-0.2, -0.15) is 0 Å². The van der Waals surface area contributed by atoms with Gasteiger partial charge in [0.1, 0.15) is 5.75 Å². The molecule has 102 valence electrons. The summed E-state index contributed by atoms with van der Waals surface area (Å²) < 4.78 is 7.04. The van der Waals surface area contributed by atoms with Crippen molar-refractivity contribution < 1.29 is 4.74 Å². The fourth-order valence-corrected chi connectivity index (χ4v) is 2.74. The summed E-state index contributed by atoms with van der Waals surface area (Å²) in [6.45, 7) is 1.76. The van der Waals surface area contributed by atoms with E-state index in [4.69, 9.17) is 4.74 Å². The van der Waals surface area contributed by atoms with Crippen LogP contribution in [0.4, 0.5) is 0 Å². The van der Waals surface area contributed by atoms with Crippen LogP contribution >= 0.6 is 0 Å². The van der Waals surface area contributed by atoms with Crippen LogP contribution in [0.3, 0.4) is 0 Å². The molecule has 1 atom stereocenters. The predicted molar refractivity (Wildman–Crippen MR) is 74.8 cm³/mol. The number of piperidine rings is 1. The van der Waals surface area contributed by atoms with Gasteiger partial charge in [0.25, 0.3) is 0 Å². The van der Waals surface area contributed by atoms with Crippen molar-refractivity contribution in [3.63, 3.8) is 0 Å². The smallest absolute Gasteiger partial charge is 0.326 e. The zero-order chi connectivity index (χ0) is 13.2. The van der Waals surface area contributed by atoms with Gasteiger partial charge in [-0.15, -0.1) is 0 Å². The maximum absolute atomic E-state index is 12.1. The van der Waals surface area contributed by atoms with E-state index in [0.29, 0.717) is 12.6 Å². The van der Waals surface area contributed by atoms with Crippen molar-refractivity contribution in [1.29, 1.82) is 0 Å². The van der Waals surface area contributed by atoms with E-state index in [9.17, 15) is 4.79 Å². The third kappa shape index (κ3) is 2.38. The van der Waals surface area contributed by atoms with Crippen LogP contribution in [-0.2, 0) is 6.54 Å². The van der Waals surface area contributed by atoms with Gasteiger partial charge in [-0.05, 0) is 31.5 Å². The van der Waals surface area contributed by atoms with Crippen LogP contribution in [0.1, 0.15) is 19.3 Å². The molecule has 5 heteroatoms. The molecule has 0 spiro atoms. The maximum atomic E-state index is 12.1. The lowest BCUT2D eigenvalue weighted by Crippen LogP contribution is -2.39. The van der Waals surface area contributed by atoms with Crippen LogP contribution in [-0.4, -0.2) is 29.2 Å². The molecular weight excluding hydrogens is 242 g/mol. The van der Waals surface area contributed by atoms with Crippen molar-refractivity contribution in [2.75, 3.05) is 13.7 Å². The lowest BCUT2D eigenvalue weighted by Gasteiger charge is -2.23. The van der Waals surface area contributed by atoms with E-state index >= 15 is 0 Å². The standard InChI is InChI=1S/C14H19N3O2/c1-19-11-5-6-12-13(8-11)17(14(18)16-12)9-10-4-2-3-7-15-10/h5-6,8,10,15H,2-4,7,9H2,1H3,(H,16,18). The summed E-state index contributed by atoms with van der Waals surface area (Å²) in [5, 5.41) is 3.47. The Bertz CT molecular complexity index is 623. The Labute approximate surface area is 111 Å². The van der Waals surface area contributed by atoms with E-state index in [2.05, 4.69) is 10.3 Å². The Kier molecular flexibility index (Phi) is 3.29. The Morgan fingerprint density at radius 3 is 3.05 bits per heavy atom. The van der Waals surface area contributed by atoms with Crippen molar-refractivity contribution in [3.8, 4) is 5.75 Å². The summed E-state index contributed by atoms with van der Waals surface area (Å²) >= 11 is 0. The highest BCUT2D eigenvalue weighted by atomic mass is 16.5. The predicted octanol–water partition coefficient (Wildman–Crippen LogP) is 1.48. The first-order valence-electron chi connectivity index (χ1n) is 6.78. The van der Waals surface area contributed by atoms with Crippen LogP contribution in [0, 0.1) is 0 Å². The number of nitrogens with zero attached hydrogens (tertiary/aromatic N) is 1. The summed E-state index contributed by atoms with van der Waals surface area (Å²) in [7, 11) is 1.64. The molecule has 3 rings (SSSR count). The van der Waals surface area contributed by atoms with Gasteiger partial charge in [-0.1, -0.05) is 6.42 Å². The van der Waals surface area contributed by atoms with Gasteiger partial charge in [0.2, 0.25) is 0 Å². The first-order valence-corrected chi connectivity index (χ1v) is 6.78. The lowest BCUT2D eigenvalue weighted by molar-refractivity contribution is 0.363. The lowest BCUT2D eigenvalue weighted by atomic mass is 10.1. The Morgan fingerprint density at radius 2 is 2.32 bits per heavy atom. The Balaban J connectivity index is 1.96. The molecular formula is C14H19N3O2. The average Bonchev–Trinajstić information content (AvgIpc) is 2.76. The van der Waals surface area contributed by atoms with E-state index in [0.717, 1.165) is 29.7 Å². The second-order valence-corrected chi connectivity index (χ2v) is 5.07. The molecule has 2 N–H and O–H groups in total. The van der Waals surface area contributed by atoms with Crippen molar-refractivity contribution >= 4 is 11.0 Å². The van der Waals surface area contributed by atoms with Crippen molar-refractivity contribution in [2.24, 2.45) is 0 Å². The monoisotopic (exact) mass is 261 g/mol. The number of aromatic amines is 1. The molecule has 0 saturated carbocycles. The number of imidazole rings is 1. The molecule has 1 aromatic heterocycles. The summed E-state index contributed by atoms with van der Waals surface area (Å²) in [5.41, 5.74) is 1.73. The van der Waals surface area contributed by atoms with Crippen LogP contribution in [0.25, 0.3) is 11.0 Å². The van der Waals surface area contributed by atoms with Gasteiger partial charge in [-0.3, -0.25) is 4.57 Å². The van der Waals surface area contributed by atoms with E-state index in [1.165, 1.54) is 12.8 Å². The molecule has 2 aromatic rings. The molecule has 1 aliphatic rings. The van der Waals surface area contributed by atoms with Crippen molar-refractivity contribution in [3.05, 3.63) is 28.7 Å². The number of ether oxygens (including phenoxy) is 1. The molecule has 2 heterocycles. The Morgan fingerprint density at radius 1 is 1.42 bits per heavy atom. The number of hydrogen-bond donors (Lipinski definition) is 2. The number of benzene rings is 1. The van der Waals surface area contributed by atoms with Crippen LogP contribution in [0.15, 0.2) is 23.0 Å². The quantitative estimate of drug-likeness (QED) is 0.880. The second kappa shape index (κ2) is 5.09. The number of hydrogen-bond acceptors (Lipinski definition) is 3. The summed E-state index contributed by atoms with van der Waals surface area (Å²) in [4.78, 5) is 14.9. The van der Waals surface area contributed by atoms with Crippen LogP contribution in [0.5, 0.6) is 5.75 Å². The minimum Gasteiger partial charge on any atom is -0.497 e. The zero-order valence-electron chi connectivity index (χ0n) is 11.1. The number of methoxy groups -OCH3 is 1. The SMILES string of the molecule is COc1ccc2[nH]c(=O)n(CC3CCCCN3)c2c1. The minimum absolute atomic E-state index is 0.0457. The fraction of sp³-hybridized carbons (Fsp3) is 0.500. The zero-order valence-corrected chi connectivity index (χ0v) is 11.1. The van der Waals surface area contributed by atoms with Crippen LogP contribution in [0.2, 0.25) is 0 Å². The molecule has 0 radical (unpaired) electrons. The number of fused-ring (bicyclic) bond motifs is 1. The van der Waals surface area contributed by atoms with Gasteiger partial charge in [0, 0.05) is 18.7 Å². The molecule has 1 aromatic carbocycles. The first kappa shape index (κ1) is 12.3. The number of H-pyrrole nitrogens is 1.